The van der Waals surface area contributed by atoms with Gasteiger partial charge in [-0.05, 0) is 35.9 Å². The van der Waals surface area contributed by atoms with Crippen LogP contribution in [0.5, 0.6) is 0 Å². The number of furan rings is 1. The normalized spacial score (nSPS) is 11.1. The molecule has 5 aromatic rings. The van der Waals surface area contributed by atoms with Crippen LogP contribution in [0.2, 0.25) is 0 Å². The van der Waals surface area contributed by atoms with E-state index in [2.05, 4.69) is 58.8 Å². The molecule has 0 saturated heterocycles. The minimum Gasteiger partial charge on any atom is -0.455 e. The van der Waals surface area contributed by atoms with Crippen molar-refractivity contribution in [1.82, 2.24) is 4.98 Å². The first-order chi connectivity index (χ1) is 12.9. The molecule has 0 amide bonds. The number of nitrogens with one attached hydrogen (secondary N) is 1. The van der Waals surface area contributed by atoms with E-state index in [0.717, 1.165) is 44.4 Å². The molecule has 0 bridgehead atoms. The van der Waals surface area contributed by atoms with Gasteiger partial charge in [-0.25, -0.2) is 0 Å². The minimum atomic E-state index is 0.921. The maximum Gasteiger partial charge on any atom is 0.143 e. The molecule has 26 heavy (non-hydrogen) atoms. The number of hydrogen-bond acceptors (Lipinski definition) is 3. The van der Waals surface area contributed by atoms with Gasteiger partial charge in [-0.1, -0.05) is 48.5 Å². The monoisotopic (exact) mass is 336 g/mol. The Balaban J connectivity index is 1.55. The summed E-state index contributed by atoms with van der Waals surface area (Å²) in [7, 11) is 0. The van der Waals surface area contributed by atoms with Gasteiger partial charge in [-0.15, -0.1) is 0 Å². The molecule has 2 aromatic heterocycles. The molecule has 3 aromatic carbocycles. The number of rotatable bonds is 3. The number of para-hydroxylation sites is 2. The van der Waals surface area contributed by atoms with Crippen molar-refractivity contribution in [3.8, 4) is 11.1 Å². The summed E-state index contributed by atoms with van der Waals surface area (Å²) in [6.07, 6.45) is 3.57. The molecular formula is C23H16N2O. The summed E-state index contributed by atoms with van der Waals surface area (Å²) in [5.41, 5.74) is 6.09. The van der Waals surface area contributed by atoms with Crippen LogP contribution in [0.1, 0.15) is 0 Å². The SMILES string of the molecule is c1cncc(Nc2ccc(-c3cccc4c3oc3ccccc34)cc2)c1. The molecule has 3 nitrogen and oxygen atoms in total. The van der Waals surface area contributed by atoms with Crippen LogP contribution in [0, 0.1) is 0 Å². The van der Waals surface area contributed by atoms with Crippen molar-refractivity contribution in [3.05, 3.63) is 91.3 Å². The van der Waals surface area contributed by atoms with Gasteiger partial charge >= 0.3 is 0 Å². The van der Waals surface area contributed by atoms with Crippen molar-refractivity contribution < 1.29 is 4.42 Å². The number of aromatic nitrogens is 1. The van der Waals surface area contributed by atoms with Gasteiger partial charge in [-0.2, -0.15) is 0 Å². The van der Waals surface area contributed by atoms with Gasteiger partial charge in [0.15, 0.2) is 0 Å². The first-order valence-electron chi connectivity index (χ1n) is 8.56. The fourth-order valence-electron chi connectivity index (χ4n) is 3.31. The molecule has 0 aliphatic heterocycles. The third kappa shape index (κ3) is 2.50. The number of fused-ring (bicyclic) bond motifs is 3. The van der Waals surface area contributed by atoms with Gasteiger partial charge in [0, 0.05) is 28.2 Å². The van der Waals surface area contributed by atoms with Crippen LogP contribution in [-0.4, -0.2) is 4.98 Å². The zero-order chi connectivity index (χ0) is 17.3. The van der Waals surface area contributed by atoms with E-state index in [1.165, 1.54) is 0 Å². The van der Waals surface area contributed by atoms with Gasteiger partial charge < -0.3 is 9.73 Å². The van der Waals surface area contributed by atoms with E-state index >= 15 is 0 Å². The predicted molar refractivity (Wildman–Crippen MR) is 107 cm³/mol. The Labute approximate surface area is 150 Å². The van der Waals surface area contributed by atoms with E-state index in [1.807, 2.05) is 36.5 Å². The Morgan fingerprint density at radius 3 is 2.38 bits per heavy atom. The maximum absolute atomic E-state index is 6.14. The Morgan fingerprint density at radius 2 is 1.54 bits per heavy atom. The summed E-state index contributed by atoms with van der Waals surface area (Å²) in [5, 5.41) is 5.66. The Hall–Kier alpha value is -3.59. The zero-order valence-electron chi connectivity index (χ0n) is 14.0. The van der Waals surface area contributed by atoms with Crippen molar-refractivity contribution in [2.24, 2.45) is 0 Å². The molecule has 0 fully saturated rings. The van der Waals surface area contributed by atoms with Gasteiger partial charge in [0.25, 0.3) is 0 Å². The molecule has 124 valence electrons. The van der Waals surface area contributed by atoms with Crippen molar-refractivity contribution in [2.45, 2.75) is 0 Å². The van der Waals surface area contributed by atoms with Crippen LogP contribution in [0.3, 0.4) is 0 Å². The quantitative estimate of drug-likeness (QED) is 0.415. The van der Waals surface area contributed by atoms with Gasteiger partial charge in [0.05, 0.1) is 11.9 Å². The first-order valence-corrected chi connectivity index (χ1v) is 8.56. The largest absolute Gasteiger partial charge is 0.455 e. The second-order valence-corrected chi connectivity index (χ2v) is 6.22. The van der Waals surface area contributed by atoms with E-state index in [9.17, 15) is 0 Å². The highest BCUT2D eigenvalue weighted by molar-refractivity contribution is 6.09. The maximum atomic E-state index is 6.14. The zero-order valence-corrected chi connectivity index (χ0v) is 14.0. The highest BCUT2D eigenvalue weighted by Crippen LogP contribution is 2.35. The van der Waals surface area contributed by atoms with E-state index in [1.54, 1.807) is 6.20 Å². The predicted octanol–water partition coefficient (Wildman–Crippen LogP) is 6.39. The minimum absolute atomic E-state index is 0.921. The van der Waals surface area contributed by atoms with Crippen molar-refractivity contribution in [2.75, 3.05) is 5.32 Å². The molecular weight excluding hydrogens is 320 g/mol. The molecule has 0 saturated carbocycles. The van der Waals surface area contributed by atoms with Gasteiger partial charge in [0.1, 0.15) is 11.2 Å². The molecule has 0 aliphatic carbocycles. The lowest BCUT2D eigenvalue weighted by Gasteiger charge is -2.07. The summed E-state index contributed by atoms with van der Waals surface area (Å²) in [6, 6.07) is 26.8. The van der Waals surface area contributed by atoms with Gasteiger partial charge in [-0.3, -0.25) is 4.98 Å². The molecule has 0 spiro atoms. The summed E-state index contributed by atoms with van der Waals surface area (Å²) >= 11 is 0. The summed E-state index contributed by atoms with van der Waals surface area (Å²) in [4.78, 5) is 4.13. The molecule has 2 heterocycles. The Bertz CT molecular complexity index is 1190. The van der Waals surface area contributed by atoms with Gasteiger partial charge in [0.2, 0.25) is 0 Å². The fourth-order valence-corrected chi connectivity index (χ4v) is 3.31. The number of benzene rings is 3. The molecule has 0 unspecified atom stereocenters. The van der Waals surface area contributed by atoms with Crippen LogP contribution in [0.25, 0.3) is 33.1 Å². The lowest BCUT2D eigenvalue weighted by atomic mass is 10.0. The lowest BCUT2D eigenvalue weighted by Crippen LogP contribution is -1.90. The third-order valence-electron chi connectivity index (χ3n) is 4.55. The molecule has 0 radical (unpaired) electrons. The van der Waals surface area contributed by atoms with Crippen LogP contribution in [0.15, 0.2) is 95.7 Å². The summed E-state index contributed by atoms with van der Waals surface area (Å²) < 4.78 is 6.14. The summed E-state index contributed by atoms with van der Waals surface area (Å²) in [5.74, 6) is 0. The molecule has 5 rings (SSSR count). The molecule has 3 heteroatoms. The van der Waals surface area contributed by atoms with E-state index in [0.29, 0.717) is 0 Å². The second kappa shape index (κ2) is 6.05. The average Bonchev–Trinajstić information content (AvgIpc) is 3.08. The number of pyridine rings is 1. The average molecular weight is 336 g/mol. The van der Waals surface area contributed by atoms with E-state index < -0.39 is 0 Å². The second-order valence-electron chi connectivity index (χ2n) is 6.22. The van der Waals surface area contributed by atoms with Crippen molar-refractivity contribution in [1.29, 1.82) is 0 Å². The number of nitrogens with zero attached hydrogens (tertiary/aromatic N) is 1. The highest BCUT2D eigenvalue weighted by atomic mass is 16.3. The highest BCUT2D eigenvalue weighted by Gasteiger charge is 2.11. The Kier molecular flexibility index (Phi) is 3.42. The summed E-state index contributed by atoms with van der Waals surface area (Å²) in [6.45, 7) is 0. The number of anilines is 2. The smallest absolute Gasteiger partial charge is 0.143 e. The van der Waals surface area contributed by atoms with Crippen LogP contribution in [-0.2, 0) is 0 Å². The van der Waals surface area contributed by atoms with Crippen LogP contribution >= 0.6 is 0 Å². The molecule has 0 aliphatic rings. The van der Waals surface area contributed by atoms with Crippen LogP contribution in [0.4, 0.5) is 11.4 Å². The van der Waals surface area contributed by atoms with E-state index in [-0.39, 0.29) is 0 Å². The van der Waals surface area contributed by atoms with Crippen molar-refractivity contribution in [3.63, 3.8) is 0 Å². The first kappa shape index (κ1) is 14.7. The van der Waals surface area contributed by atoms with E-state index in [4.69, 9.17) is 4.42 Å². The topological polar surface area (TPSA) is 38.1 Å². The molecule has 1 N–H and O–H groups in total. The standard InChI is InChI=1S/C23H16N2O/c1-2-9-22-20(6-1)21-8-3-7-19(23(21)26-22)16-10-12-17(13-11-16)25-18-5-4-14-24-15-18/h1-15,25H. The van der Waals surface area contributed by atoms with Crippen molar-refractivity contribution >= 4 is 33.3 Å². The fraction of sp³-hybridized carbons (Fsp3) is 0. The Morgan fingerprint density at radius 1 is 0.692 bits per heavy atom. The third-order valence-corrected chi connectivity index (χ3v) is 4.55. The lowest BCUT2D eigenvalue weighted by molar-refractivity contribution is 0.670. The van der Waals surface area contributed by atoms with Crippen LogP contribution < -0.4 is 5.32 Å². The number of hydrogen-bond donors (Lipinski definition) is 1. The molecule has 0 atom stereocenters.